The van der Waals surface area contributed by atoms with Crippen molar-refractivity contribution in [2.75, 3.05) is 17.2 Å². The number of carbonyl (C=O) groups excluding carboxylic acids is 1. The van der Waals surface area contributed by atoms with Crippen molar-refractivity contribution in [3.63, 3.8) is 0 Å². The van der Waals surface area contributed by atoms with Gasteiger partial charge in [0.1, 0.15) is 17.5 Å². The fourth-order valence-corrected chi connectivity index (χ4v) is 1.33. The first-order chi connectivity index (χ1) is 6.68. The second-order valence-corrected chi connectivity index (χ2v) is 3.14. The molecular formula is C9H10FN3O. The van der Waals surface area contributed by atoms with E-state index in [1.807, 2.05) is 0 Å². The largest absolute Gasteiger partial charge is 0.381 e. The van der Waals surface area contributed by atoms with Gasteiger partial charge in [-0.2, -0.15) is 0 Å². The van der Waals surface area contributed by atoms with Crippen LogP contribution < -0.4 is 16.4 Å². The van der Waals surface area contributed by atoms with Crippen molar-refractivity contribution < 1.29 is 9.18 Å². The Kier molecular flexibility index (Phi) is 2.09. The molecule has 1 amide bonds. The van der Waals surface area contributed by atoms with Crippen molar-refractivity contribution >= 4 is 17.3 Å². The van der Waals surface area contributed by atoms with Crippen LogP contribution in [-0.4, -0.2) is 18.5 Å². The summed E-state index contributed by atoms with van der Waals surface area (Å²) in [5, 5.41) is 5.34. The molecule has 0 aromatic heterocycles. The van der Waals surface area contributed by atoms with Crippen LogP contribution in [0, 0.1) is 5.82 Å². The van der Waals surface area contributed by atoms with Gasteiger partial charge >= 0.3 is 0 Å². The zero-order valence-electron chi connectivity index (χ0n) is 7.38. The minimum atomic E-state index is -0.651. The molecule has 0 aliphatic carbocycles. The Balaban J connectivity index is 2.43. The highest BCUT2D eigenvalue weighted by atomic mass is 19.1. The number of amides is 1. The van der Waals surface area contributed by atoms with Gasteiger partial charge in [0.2, 0.25) is 5.91 Å². The molecule has 0 spiro atoms. The molecule has 74 valence electrons. The zero-order valence-corrected chi connectivity index (χ0v) is 7.38. The summed E-state index contributed by atoms with van der Waals surface area (Å²) >= 11 is 0. The van der Waals surface area contributed by atoms with Gasteiger partial charge in [0, 0.05) is 6.54 Å². The standard InChI is InChI=1S/C9H10FN3O/c10-5-2-1-3-7-8(5)13-9(14)6(11)4-12-7/h1-3,6,12H,4,11H2,(H,13,14)/t6-/m0/s1. The Morgan fingerprint density at radius 1 is 1.50 bits per heavy atom. The van der Waals surface area contributed by atoms with Crippen molar-refractivity contribution in [1.82, 2.24) is 0 Å². The lowest BCUT2D eigenvalue weighted by Gasteiger charge is -2.07. The van der Waals surface area contributed by atoms with Crippen LogP contribution in [0.15, 0.2) is 18.2 Å². The summed E-state index contributed by atoms with van der Waals surface area (Å²) in [4.78, 5) is 11.3. The van der Waals surface area contributed by atoms with Crippen molar-refractivity contribution in [2.24, 2.45) is 5.73 Å². The molecule has 4 nitrogen and oxygen atoms in total. The molecule has 0 unspecified atom stereocenters. The summed E-state index contributed by atoms with van der Waals surface area (Å²) < 4.78 is 13.3. The molecule has 0 saturated carbocycles. The van der Waals surface area contributed by atoms with Gasteiger partial charge < -0.3 is 16.4 Å². The van der Waals surface area contributed by atoms with Crippen LogP contribution in [0.4, 0.5) is 15.8 Å². The van der Waals surface area contributed by atoms with Gasteiger partial charge in [0.25, 0.3) is 0 Å². The minimum Gasteiger partial charge on any atom is -0.381 e. The lowest BCUT2D eigenvalue weighted by molar-refractivity contribution is -0.117. The molecule has 5 heteroatoms. The summed E-state index contributed by atoms with van der Waals surface area (Å²) in [5.74, 6) is -0.834. The molecule has 14 heavy (non-hydrogen) atoms. The number of nitrogens with two attached hydrogens (primary N) is 1. The van der Waals surface area contributed by atoms with Gasteiger partial charge in [-0.1, -0.05) is 6.07 Å². The molecule has 1 atom stereocenters. The van der Waals surface area contributed by atoms with Gasteiger partial charge in [-0.05, 0) is 12.1 Å². The Morgan fingerprint density at radius 3 is 3.07 bits per heavy atom. The third-order valence-electron chi connectivity index (χ3n) is 2.11. The van der Waals surface area contributed by atoms with E-state index < -0.39 is 11.9 Å². The number of halogens is 1. The van der Waals surface area contributed by atoms with E-state index in [0.29, 0.717) is 12.2 Å². The van der Waals surface area contributed by atoms with E-state index in [2.05, 4.69) is 10.6 Å². The first-order valence-electron chi connectivity index (χ1n) is 4.27. The minimum absolute atomic E-state index is 0.172. The van der Waals surface area contributed by atoms with Gasteiger partial charge in [0.05, 0.1) is 5.69 Å². The van der Waals surface area contributed by atoms with Gasteiger partial charge in [-0.3, -0.25) is 4.79 Å². The Labute approximate surface area is 80.3 Å². The number of rotatable bonds is 0. The second-order valence-electron chi connectivity index (χ2n) is 3.14. The normalized spacial score (nSPS) is 20.4. The average molecular weight is 195 g/mol. The van der Waals surface area contributed by atoms with Crippen LogP contribution in [0.3, 0.4) is 0 Å². The maximum atomic E-state index is 13.3. The predicted octanol–water partition coefficient (Wildman–Crippen LogP) is 0.517. The molecule has 0 bridgehead atoms. The maximum Gasteiger partial charge on any atom is 0.243 e. The fraction of sp³-hybridized carbons (Fsp3) is 0.222. The second kappa shape index (κ2) is 3.26. The number of carbonyl (C=O) groups is 1. The van der Waals surface area contributed by atoms with Crippen molar-refractivity contribution in [3.05, 3.63) is 24.0 Å². The van der Waals surface area contributed by atoms with E-state index in [4.69, 9.17) is 5.73 Å². The third kappa shape index (κ3) is 1.42. The van der Waals surface area contributed by atoms with Crippen LogP contribution in [-0.2, 0) is 4.79 Å². The number of hydrogen-bond donors (Lipinski definition) is 3. The number of para-hydroxylation sites is 1. The first-order valence-corrected chi connectivity index (χ1v) is 4.27. The molecular weight excluding hydrogens is 185 g/mol. The lowest BCUT2D eigenvalue weighted by Crippen LogP contribution is -2.39. The molecule has 0 radical (unpaired) electrons. The van der Waals surface area contributed by atoms with Gasteiger partial charge in [-0.25, -0.2) is 4.39 Å². The SMILES string of the molecule is N[C@H]1CNc2cccc(F)c2NC1=O. The smallest absolute Gasteiger partial charge is 0.243 e. The number of anilines is 2. The monoisotopic (exact) mass is 195 g/mol. The van der Waals surface area contributed by atoms with Crippen LogP contribution in [0.2, 0.25) is 0 Å². The average Bonchev–Trinajstić information content (AvgIpc) is 2.30. The molecule has 0 fully saturated rings. The highest BCUT2D eigenvalue weighted by Gasteiger charge is 2.21. The number of nitrogens with one attached hydrogen (secondary N) is 2. The lowest BCUT2D eigenvalue weighted by atomic mass is 10.2. The molecule has 1 aromatic rings. The van der Waals surface area contributed by atoms with E-state index in [9.17, 15) is 9.18 Å². The first kappa shape index (κ1) is 8.96. The van der Waals surface area contributed by atoms with Crippen LogP contribution in [0.5, 0.6) is 0 Å². The molecule has 0 saturated heterocycles. The van der Waals surface area contributed by atoms with Crippen LogP contribution >= 0.6 is 0 Å². The fourth-order valence-electron chi connectivity index (χ4n) is 1.33. The number of fused-ring (bicyclic) bond motifs is 1. The topological polar surface area (TPSA) is 67.2 Å². The molecule has 1 aliphatic rings. The Morgan fingerprint density at radius 2 is 2.29 bits per heavy atom. The van der Waals surface area contributed by atoms with Crippen molar-refractivity contribution in [3.8, 4) is 0 Å². The highest BCUT2D eigenvalue weighted by Crippen LogP contribution is 2.26. The summed E-state index contributed by atoms with van der Waals surface area (Å²) in [6, 6.07) is 3.90. The van der Waals surface area contributed by atoms with Crippen LogP contribution in [0.1, 0.15) is 0 Å². The number of hydrogen-bond acceptors (Lipinski definition) is 3. The highest BCUT2D eigenvalue weighted by molar-refractivity contribution is 5.99. The van der Waals surface area contributed by atoms with Crippen molar-refractivity contribution in [1.29, 1.82) is 0 Å². The van der Waals surface area contributed by atoms with E-state index in [-0.39, 0.29) is 11.6 Å². The summed E-state index contributed by atoms with van der Waals surface area (Å²) in [5.41, 5.74) is 6.24. The van der Waals surface area contributed by atoms with Gasteiger partial charge in [0.15, 0.2) is 0 Å². The summed E-state index contributed by atoms with van der Waals surface area (Å²) in [6.45, 7) is 0.308. The van der Waals surface area contributed by atoms with E-state index >= 15 is 0 Å². The third-order valence-corrected chi connectivity index (χ3v) is 2.11. The quantitative estimate of drug-likeness (QED) is 0.565. The van der Waals surface area contributed by atoms with E-state index in [0.717, 1.165) is 0 Å². The molecule has 1 aliphatic heterocycles. The van der Waals surface area contributed by atoms with Crippen LogP contribution in [0.25, 0.3) is 0 Å². The maximum absolute atomic E-state index is 13.3. The molecule has 1 heterocycles. The molecule has 2 rings (SSSR count). The van der Waals surface area contributed by atoms with E-state index in [1.54, 1.807) is 12.1 Å². The Hall–Kier alpha value is -1.62. The zero-order chi connectivity index (χ0) is 10.1. The van der Waals surface area contributed by atoms with E-state index in [1.165, 1.54) is 6.07 Å². The predicted molar refractivity (Wildman–Crippen MR) is 51.5 cm³/mol. The molecule has 1 aromatic carbocycles. The summed E-state index contributed by atoms with van der Waals surface area (Å²) in [7, 11) is 0. The van der Waals surface area contributed by atoms with Gasteiger partial charge in [-0.15, -0.1) is 0 Å². The Bertz CT molecular complexity index is 380. The molecule has 4 N–H and O–H groups in total. The van der Waals surface area contributed by atoms with Crippen molar-refractivity contribution in [2.45, 2.75) is 6.04 Å². The summed E-state index contributed by atoms with van der Waals surface area (Å²) in [6.07, 6.45) is 0. The number of benzene rings is 1.